The lowest BCUT2D eigenvalue weighted by Crippen LogP contribution is -2.48. The highest BCUT2D eigenvalue weighted by atomic mass is 16.5. The normalized spacial score (nSPS) is 27.2. The molecule has 2 aromatic carbocycles. The molecule has 4 aliphatic carbocycles. The lowest BCUT2D eigenvalue weighted by Gasteiger charge is -2.57. The topological polar surface area (TPSA) is 75.6 Å². The van der Waals surface area contributed by atoms with E-state index in [2.05, 4.69) is 16.1 Å². The van der Waals surface area contributed by atoms with Crippen molar-refractivity contribution in [2.75, 3.05) is 7.11 Å². The van der Waals surface area contributed by atoms with Crippen LogP contribution in [0.3, 0.4) is 0 Å². The molecule has 0 aliphatic heterocycles. The third-order valence-electron chi connectivity index (χ3n) is 8.18. The molecule has 178 valence electrons. The van der Waals surface area contributed by atoms with Crippen LogP contribution in [0.25, 0.3) is 17.2 Å². The molecule has 2 aromatic rings. The van der Waals surface area contributed by atoms with Gasteiger partial charge in [0.1, 0.15) is 5.75 Å². The summed E-state index contributed by atoms with van der Waals surface area (Å²) in [5, 5.41) is 14.3. The largest absolute Gasteiger partial charge is 0.507 e. The van der Waals surface area contributed by atoms with Crippen LogP contribution < -0.4 is 5.32 Å². The van der Waals surface area contributed by atoms with Crippen molar-refractivity contribution in [3.05, 3.63) is 59.2 Å². The van der Waals surface area contributed by atoms with Crippen LogP contribution in [0.5, 0.6) is 5.75 Å². The van der Waals surface area contributed by atoms with Crippen molar-refractivity contribution in [1.29, 1.82) is 0 Å². The summed E-state index contributed by atoms with van der Waals surface area (Å²) in [5.41, 5.74) is 4.89. The predicted octanol–water partition coefficient (Wildman–Crippen LogP) is 5.35. The SMILES string of the molecule is COC(=O)C=Cc1ccc(-c2cc(CNC(C)=O)c(O)c(C34CC5CC(CC(C5)C3)C4)c2)cc1. The summed E-state index contributed by atoms with van der Waals surface area (Å²) >= 11 is 0. The summed E-state index contributed by atoms with van der Waals surface area (Å²) < 4.78 is 4.66. The zero-order chi connectivity index (χ0) is 23.9. The van der Waals surface area contributed by atoms with E-state index in [0.29, 0.717) is 12.3 Å². The fraction of sp³-hybridized carbons (Fsp3) is 0.448. The molecule has 4 fully saturated rings. The van der Waals surface area contributed by atoms with E-state index in [0.717, 1.165) is 64.8 Å². The number of nitrogens with one attached hydrogen (secondary N) is 1. The van der Waals surface area contributed by atoms with Gasteiger partial charge in [-0.3, -0.25) is 4.79 Å². The molecule has 0 saturated heterocycles. The molecule has 5 heteroatoms. The Morgan fingerprint density at radius 3 is 2.21 bits per heavy atom. The third-order valence-corrected chi connectivity index (χ3v) is 8.18. The lowest BCUT2D eigenvalue weighted by molar-refractivity contribution is -0.134. The highest BCUT2D eigenvalue weighted by Crippen LogP contribution is 2.62. The summed E-state index contributed by atoms with van der Waals surface area (Å²) in [6, 6.07) is 12.2. The number of amides is 1. The van der Waals surface area contributed by atoms with Gasteiger partial charge in [-0.2, -0.15) is 0 Å². The molecule has 0 aromatic heterocycles. The van der Waals surface area contributed by atoms with Gasteiger partial charge >= 0.3 is 5.97 Å². The van der Waals surface area contributed by atoms with Crippen molar-refractivity contribution in [3.63, 3.8) is 0 Å². The maximum absolute atomic E-state index is 11.6. The molecule has 0 unspecified atom stereocenters. The number of aromatic hydroxyl groups is 1. The molecule has 1 amide bonds. The second-order valence-corrected chi connectivity index (χ2v) is 10.6. The number of rotatable bonds is 6. The number of benzene rings is 2. The maximum Gasteiger partial charge on any atom is 0.330 e. The Kier molecular flexibility index (Phi) is 5.97. The molecule has 0 heterocycles. The minimum absolute atomic E-state index is 0.0447. The Morgan fingerprint density at radius 2 is 1.65 bits per heavy atom. The number of esters is 1. The molecule has 4 bridgehead atoms. The second-order valence-electron chi connectivity index (χ2n) is 10.6. The molecule has 5 nitrogen and oxygen atoms in total. The Bertz CT molecular complexity index is 1100. The van der Waals surface area contributed by atoms with Gasteiger partial charge < -0.3 is 15.2 Å². The molecular weight excluding hydrogens is 426 g/mol. The minimum Gasteiger partial charge on any atom is -0.507 e. The Hall–Kier alpha value is -3.08. The number of phenolic OH excluding ortho intramolecular Hbond substituents is 1. The number of phenols is 1. The number of hydrogen-bond donors (Lipinski definition) is 2. The number of carbonyl (C=O) groups is 2. The Balaban J connectivity index is 1.53. The summed E-state index contributed by atoms with van der Waals surface area (Å²) in [6.45, 7) is 1.82. The smallest absolute Gasteiger partial charge is 0.330 e. The van der Waals surface area contributed by atoms with E-state index in [1.807, 2.05) is 30.3 Å². The van der Waals surface area contributed by atoms with Gasteiger partial charge in [-0.1, -0.05) is 24.3 Å². The predicted molar refractivity (Wildman–Crippen MR) is 132 cm³/mol. The zero-order valence-electron chi connectivity index (χ0n) is 20.0. The van der Waals surface area contributed by atoms with Crippen LogP contribution in [-0.2, 0) is 26.3 Å². The summed E-state index contributed by atoms with van der Waals surface area (Å²) in [4.78, 5) is 23.0. The molecule has 2 N–H and O–H groups in total. The average molecular weight is 460 g/mol. The highest BCUT2D eigenvalue weighted by molar-refractivity contribution is 5.87. The quantitative estimate of drug-likeness (QED) is 0.451. The first kappa shape index (κ1) is 22.7. The number of methoxy groups -OCH3 is 1. The van der Waals surface area contributed by atoms with Crippen molar-refractivity contribution < 1.29 is 19.4 Å². The molecule has 0 radical (unpaired) electrons. The van der Waals surface area contributed by atoms with Crippen molar-refractivity contribution in [1.82, 2.24) is 5.32 Å². The Labute approximate surface area is 201 Å². The van der Waals surface area contributed by atoms with Gasteiger partial charge in [-0.15, -0.1) is 0 Å². The summed E-state index contributed by atoms with van der Waals surface area (Å²) in [7, 11) is 1.36. The van der Waals surface area contributed by atoms with Crippen LogP contribution in [0.4, 0.5) is 0 Å². The van der Waals surface area contributed by atoms with E-state index in [1.54, 1.807) is 6.08 Å². The molecule has 4 saturated carbocycles. The van der Waals surface area contributed by atoms with Crippen LogP contribution >= 0.6 is 0 Å². The van der Waals surface area contributed by atoms with Crippen molar-refractivity contribution in [2.45, 2.75) is 57.4 Å². The fourth-order valence-electron chi connectivity index (χ4n) is 7.08. The molecule has 0 spiro atoms. The van der Waals surface area contributed by atoms with Crippen molar-refractivity contribution in [2.24, 2.45) is 17.8 Å². The van der Waals surface area contributed by atoms with Gasteiger partial charge in [0.25, 0.3) is 0 Å². The lowest BCUT2D eigenvalue weighted by atomic mass is 9.48. The van der Waals surface area contributed by atoms with Crippen molar-refractivity contribution in [3.8, 4) is 16.9 Å². The van der Waals surface area contributed by atoms with Gasteiger partial charge in [0, 0.05) is 30.7 Å². The van der Waals surface area contributed by atoms with Gasteiger partial charge in [0.15, 0.2) is 0 Å². The van der Waals surface area contributed by atoms with Crippen LogP contribution in [0.2, 0.25) is 0 Å². The number of carbonyl (C=O) groups excluding carboxylic acids is 2. The summed E-state index contributed by atoms with van der Waals surface area (Å²) in [5.74, 6) is 2.18. The Morgan fingerprint density at radius 1 is 1.03 bits per heavy atom. The van der Waals surface area contributed by atoms with Crippen LogP contribution in [0.1, 0.15) is 62.1 Å². The van der Waals surface area contributed by atoms with Crippen LogP contribution in [0, 0.1) is 17.8 Å². The zero-order valence-corrected chi connectivity index (χ0v) is 20.0. The van der Waals surface area contributed by atoms with Gasteiger partial charge in [-0.05, 0) is 96.6 Å². The standard InChI is InChI=1S/C29H33NO4/c1-18(31)30-17-25-12-24(23-6-3-19(4-7-23)5-8-27(32)34-2)13-26(28(25)33)29-14-20-9-21(15-29)11-22(10-20)16-29/h3-8,12-13,20-22,33H,9-11,14-17H2,1-2H3,(H,30,31). The first-order valence-corrected chi connectivity index (χ1v) is 12.3. The van der Waals surface area contributed by atoms with E-state index < -0.39 is 0 Å². The highest BCUT2D eigenvalue weighted by Gasteiger charge is 2.52. The molecule has 4 aliphatic rings. The monoisotopic (exact) mass is 459 g/mol. The van der Waals surface area contributed by atoms with Crippen LogP contribution in [0.15, 0.2) is 42.5 Å². The second kappa shape index (κ2) is 8.94. The third kappa shape index (κ3) is 4.36. The first-order chi connectivity index (χ1) is 16.3. The fourth-order valence-corrected chi connectivity index (χ4v) is 7.08. The van der Waals surface area contributed by atoms with E-state index >= 15 is 0 Å². The van der Waals surface area contributed by atoms with Gasteiger partial charge in [-0.25, -0.2) is 4.79 Å². The molecular formula is C29H33NO4. The first-order valence-electron chi connectivity index (χ1n) is 12.3. The maximum atomic E-state index is 11.6. The van der Waals surface area contributed by atoms with Gasteiger partial charge in [0.2, 0.25) is 5.91 Å². The van der Waals surface area contributed by atoms with Gasteiger partial charge in [0.05, 0.1) is 7.11 Å². The van der Waals surface area contributed by atoms with Crippen molar-refractivity contribution >= 4 is 18.0 Å². The molecule has 6 rings (SSSR count). The summed E-state index contributed by atoms with van der Waals surface area (Å²) in [6.07, 6.45) is 10.7. The molecule has 0 atom stereocenters. The van der Waals surface area contributed by atoms with E-state index in [1.165, 1.54) is 39.4 Å². The van der Waals surface area contributed by atoms with Crippen LogP contribution in [-0.4, -0.2) is 24.1 Å². The average Bonchev–Trinajstić information content (AvgIpc) is 2.81. The van der Waals surface area contributed by atoms with E-state index in [-0.39, 0.29) is 17.3 Å². The van der Waals surface area contributed by atoms with E-state index in [9.17, 15) is 14.7 Å². The number of ether oxygens (including phenoxy) is 1. The minimum atomic E-state index is -0.384. The number of hydrogen-bond acceptors (Lipinski definition) is 4. The van der Waals surface area contributed by atoms with E-state index in [4.69, 9.17) is 0 Å². The molecule has 34 heavy (non-hydrogen) atoms.